The molecule has 0 fully saturated rings. The van der Waals surface area contributed by atoms with Gasteiger partial charge in [0.05, 0.1) is 11.3 Å². The Morgan fingerprint density at radius 1 is 1.24 bits per heavy atom. The molecule has 21 heavy (non-hydrogen) atoms. The third kappa shape index (κ3) is 2.28. The summed E-state index contributed by atoms with van der Waals surface area (Å²) in [7, 11) is 0. The summed E-state index contributed by atoms with van der Waals surface area (Å²) in [6.07, 6.45) is 0.992. The van der Waals surface area contributed by atoms with E-state index in [0.717, 1.165) is 5.69 Å². The number of nitrogens with one attached hydrogen (secondary N) is 1. The van der Waals surface area contributed by atoms with Crippen molar-refractivity contribution in [3.05, 3.63) is 65.1 Å². The van der Waals surface area contributed by atoms with Crippen molar-refractivity contribution in [3.8, 4) is 6.07 Å². The molecule has 104 valence electrons. The summed E-state index contributed by atoms with van der Waals surface area (Å²) in [5, 5.41) is 12.2. The fourth-order valence-corrected chi connectivity index (χ4v) is 2.59. The molecule has 6 heteroatoms. The molecule has 0 saturated carbocycles. The lowest BCUT2D eigenvalue weighted by molar-refractivity contribution is -0.118. The molecule has 1 N–H and O–H groups in total. The minimum absolute atomic E-state index is 0.0232. The maximum Gasteiger partial charge on any atom is 0.266 e. The van der Waals surface area contributed by atoms with Crippen LogP contribution in [0, 0.1) is 11.3 Å². The molecule has 2 aromatic rings. The second kappa shape index (κ2) is 5.38. The van der Waals surface area contributed by atoms with Gasteiger partial charge in [0, 0.05) is 5.69 Å². The van der Waals surface area contributed by atoms with Crippen molar-refractivity contribution in [3.63, 3.8) is 0 Å². The normalized spacial score (nSPS) is 18.4. The van der Waals surface area contributed by atoms with E-state index in [1.165, 1.54) is 6.26 Å². The highest BCUT2D eigenvalue weighted by Gasteiger charge is 2.35. The summed E-state index contributed by atoms with van der Waals surface area (Å²) in [4.78, 5) is 13.8. The molecule has 1 aromatic carbocycles. The summed E-state index contributed by atoms with van der Waals surface area (Å²) in [6.45, 7) is 0. The van der Waals surface area contributed by atoms with Crippen molar-refractivity contribution in [2.75, 3.05) is 4.90 Å². The van der Waals surface area contributed by atoms with Crippen LogP contribution in [0.25, 0.3) is 0 Å². The first kappa shape index (κ1) is 13.3. The predicted molar refractivity (Wildman–Crippen MR) is 80.1 cm³/mol. The first-order valence-electron chi connectivity index (χ1n) is 6.24. The molecule has 0 bridgehead atoms. The molecule has 2 heterocycles. The van der Waals surface area contributed by atoms with E-state index in [9.17, 15) is 4.79 Å². The third-order valence-corrected chi connectivity index (χ3v) is 3.60. The molecule has 5 nitrogen and oxygen atoms in total. The monoisotopic (exact) mass is 297 g/mol. The summed E-state index contributed by atoms with van der Waals surface area (Å²) >= 11 is 4.37. The SMILES string of the molecule is N#CC1=C(S)N(c2ccccc2)[C@H](c2ccco2)NC1=O. The van der Waals surface area contributed by atoms with Gasteiger partial charge in [-0.15, -0.1) is 12.6 Å². The zero-order valence-corrected chi connectivity index (χ0v) is 11.7. The molecule has 0 aliphatic carbocycles. The van der Waals surface area contributed by atoms with Crippen LogP contribution in [-0.4, -0.2) is 5.91 Å². The number of carbonyl (C=O) groups is 1. The van der Waals surface area contributed by atoms with E-state index in [0.29, 0.717) is 10.8 Å². The Morgan fingerprint density at radius 3 is 2.62 bits per heavy atom. The van der Waals surface area contributed by atoms with Crippen LogP contribution in [-0.2, 0) is 4.79 Å². The van der Waals surface area contributed by atoms with Gasteiger partial charge in [0.15, 0.2) is 6.17 Å². The lowest BCUT2D eigenvalue weighted by Gasteiger charge is -2.36. The number of para-hydroxylation sites is 1. The second-order valence-corrected chi connectivity index (χ2v) is 4.83. The Hall–Kier alpha value is -2.65. The third-order valence-electron chi connectivity index (χ3n) is 3.16. The average Bonchev–Trinajstić information content (AvgIpc) is 3.02. The van der Waals surface area contributed by atoms with Crippen molar-refractivity contribution in [2.45, 2.75) is 6.17 Å². The van der Waals surface area contributed by atoms with Crippen LogP contribution in [0.3, 0.4) is 0 Å². The topological polar surface area (TPSA) is 69.3 Å². The molecule has 1 amide bonds. The Bertz CT molecular complexity index is 732. The van der Waals surface area contributed by atoms with E-state index >= 15 is 0 Å². The smallest absolute Gasteiger partial charge is 0.266 e. The lowest BCUT2D eigenvalue weighted by Crippen LogP contribution is -2.45. The molecular formula is C15H11N3O2S. The average molecular weight is 297 g/mol. The predicted octanol–water partition coefficient (Wildman–Crippen LogP) is 2.58. The molecule has 1 atom stereocenters. The summed E-state index contributed by atoms with van der Waals surface area (Å²) in [5.74, 6) is 0.104. The van der Waals surface area contributed by atoms with Crippen LogP contribution in [0.5, 0.6) is 0 Å². The van der Waals surface area contributed by atoms with E-state index in [2.05, 4.69) is 17.9 Å². The van der Waals surface area contributed by atoms with Gasteiger partial charge in [0.1, 0.15) is 17.4 Å². The van der Waals surface area contributed by atoms with E-state index in [1.807, 2.05) is 36.4 Å². The number of hydrogen-bond acceptors (Lipinski definition) is 5. The van der Waals surface area contributed by atoms with Crippen molar-refractivity contribution in [1.82, 2.24) is 5.32 Å². The van der Waals surface area contributed by atoms with Gasteiger partial charge in [0.2, 0.25) is 0 Å². The first-order valence-corrected chi connectivity index (χ1v) is 6.69. The van der Waals surface area contributed by atoms with Crippen LogP contribution in [0.4, 0.5) is 5.69 Å². The van der Waals surface area contributed by atoms with E-state index in [4.69, 9.17) is 9.68 Å². The van der Waals surface area contributed by atoms with Crippen molar-refractivity contribution < 1.29 is 9.21 Å². The fraction of sp³-hybridized carbons (Fsp3) is 0.0667. The van der Waals surface area contributed by atoms with Gasteiger partial charge >= 0.3 is 0 Å². The molecule has 1 aliphatic heterocycles. The van der Waals surface area contributed by atoms with Gasteiger partial charge < -0.3 is 14.6 Å². The van der Waals surface area contributed by atoms with Crippen LogP contribution in [0.1, 0.15) is 11.9 Å². The quantitative estimate of drug-likeness (QED) is 0.836. The molecular weight excluding hydrogens is 286 g/mol. The molecule has 1 aromatic heterocycles. The zero-order chi connectivity index (χ0) is 14.8. The number of benzene rings is 1. The highest BCUT2D eigenvalue weighted by atomic mass is 32.1. The molecule has 3 rings (SSSR count). The number of nitriles is 1. The fourth-order valence-electron chi connectivity index (χ4n) is 2.21. The zero-order valence-electron chi connectivity index (χ0n) is 10.9. The molecule has 0 spiro atoms. The van der Waals surface area contributed by atoms with Gasteiger partial charge in [-0.25, -0.2) is 0 Å². The van der Waals surface area contributed by atoms with Crippen molar-refractivity contribution >= 4 is 24.2 Å². The van der Waals surface area contributed by atoms with Crippen LogP contribution >= 0.6 is 12.6 Å². The summed E-state index contributed by atoms with van der Waals surface area (Å²) < 4.78 is 5.39. The van der Waals surface area contributed by atoms with Crippen molar-refractivity contribution in [2.24, 2.45) is 0 Å². The minimum Gasteiger partial charge on any atom is -0.465 e. The number of rotatable bonds is 2. The Labute approximate surface area is 126 Å². The van der Waals surface area contributed by atoms with E-state index in [1.54, 1.807) is 17.0 Å². The van der Waals surface area contributed by atoms with E-state index in [-0.39, 0.29) is 5.57 Å². The molecule has 0 radical (unpaired) electrons. The lowest BCUT2D eigenvalue weighted by atomic mass is 10.1. The number of furan rings is 1. The van der Waals surface area contributed by atoms with Crippen molar-refractivity contribution in [1.29, 1.82) is 5.26 Å². The minimum atomic E-state index is -0.542. The van der Waals surface area contributed by atoms with E-state index < -0.39 is 12.1 Å². The highest BCUT2D eigenvalue weighted by molar-refractivity contribution is 7.84. The Morgan fingerprint density at radius 2 is 2.00 bits per heavy atom. The molecule has 0 saturated heterocycles. The first-order chi connectivity index (χ1) is 10.2. The van der Waals surface area contributed by atoms with Crippen LogP contribution in [0.2, 0.25) is 0 Å². The summed E-state index contributed by atoms with van der Waals surface area (Å²) in [5.41, 5.74) is 0.779. The van der Waals surface area contributed by atoms with Crippen LogP contribution < -0.4 is 10.2 Å². The largest absolute Gasteiger partial charge is 0.465 e. The Balaban J connectivity index is 2.15. The Kier molecular flexibility index (Phi) is 3.42. The number of carbonyl (C=O) groups excluding carboxylic acids is 1. The second-order valence-electron chi connectivity index (χ2n) is 4.41. The number of amides is 1. The maximum atomic E-state index is 12.0. The number of nitrogens with zero attached hydrogens (tertiary/aromatic N) is 2. The molecule has 1 aliphatic rings. The number of thiol groups is 1. The van der Waals surface area contributed by atoms with Gasteiger partial charge in [-0.2, -0.15) is 5.26 Å². The van der Waals surface area contributed by atoms with Gasteiger partial charge in [-0.05, 0) is 24.3 Å². The highest BCUT2D eigenvalue weighted by Crippen LogP contribution is 2.35. The van der Waals surface area contributed by atoms with Gasteiger partial charge in [0.25, 0.3) is 5.91 Å². The van der Waals surface area contributed by atoms with Crippen LogP contribution in [0.15, 0.2) is 63.7 Å². The standard InChI is InChI=1S/C15H11N3O2S/c16-9-11-14(19)17-13(12-7-4-8-20-12)18(15(11)21)10-5-2-1-3-6-10/h1-8,13,21H,(H,17,19)/t13-/m1/s1. The maximum absolute atomic E-state index is 12.0. The summed E-state index contributed by atoms with van der Waals surface area (Å²) in [6, 6.07) is 14.8. The molecule has 0 unspecified atom stereocenters. The van der Waals surface area contributed by atoms with Gasteiger partial charge in [-0.1, -0.05) is 18.2 Å². The number of anilines is 1. The van der Waals surface area contributed by atoms with Gasteiger partial charge in [-0.3, -0.25) is 4.79 Å². The number of hydrogen-bond donors (Lipinski definition) is 2.